The van der Waals surface area contributed by atoms with Gasteiger partial charge in [-0.3, -0.25) is 9.89 Å². The third kappa shape index (κ3) is 3.54. The number of benzene rings is 3. The van der Waals surface area contributed by atoms with Gasteiger partial charge in [-0.1, -0.05) is 54.1 Å². The first-order valence-corrected chi connectivity index (χ1v) is 10.7. The van der Waals surface area contributed by atoms with Crippen LogP contribution in [0, 0.1) is 6.92 Å². The Morgan fingerprint density at radius 1 is 0.909 bits per heavy atom. The number of H-pyrrole nitrogens is 1. The zero-order valence-electron chi connectivity index (χ0n) is 17.6. The molecule has 0 fully saturated rings. The van der Waals surface area contributed by atoms with Crippen LogP contribution >= 0.6 is 11.6 Å². The van der Waals surface area contributed by atoms with Crippen molar-refractivity contribution >= 4 is 22.6 Å². The molecule has 2 aromatic heterocycles. The number of para-hydroxylation sites is 2. The number of hydrogen-bond donors (Lipinski definition) is 2. The summed E-state index contributed by atoms with van der Waals surface area (Å²) in [5, 5.41) is 15.2. The minimum atomic E-state index is -0.878. The number of hydrogen-bond acceptors (Lipinski definition) is 4. The molecule has 0 saturated carbocycles. The summed E-state index contributed by atoms with van der Waals surface area (Å²) >= 11 is 6.09. The Morgan fingerprint density at radius 2 is 1.58 bits per heavy atom. The van der Waals surface area contributed by atoms with Crippen LogP contribution in [0.5, 0.6) is 5.75 Å². The molecular formula is C26H19ClN2O4. The number of aryl methyl sites for hydroxylation is 1. The van der Waals surface area contributed by atoms with E-state index in [0.717, 1.165) is 0 Å². The van der Waals surface area contributed by atoms with E-state index in [2.05, 4.69) is 5.10 Å². The van der Waals surface area contributed by atoms with Gasteiger partial charge in [-0.05, 0) is 48.9 Å². The van der Waals surface area contributed by atoms with Gasteiger partial charge in [0.05, 0.1) is 28.1 Å². The molecule has 2 heterocycles. The SMILES string of the molecule is Cc1[nH]n(-c2ccccc2)c(=O)c1C(c1ccc(Cl)cc1)c1c(O)c2ccccc2oc1=O. The number of fused-ring (bicyclic) bond motifs is 1. The smallest absolute Gasteiger partial charge is 0.344 e. The number of aromatic nitrogens is 2. The molecule has 3 aromatic carbocycles. The zero-order chi connectivity index (χ0) is 23.1. The second kappa shape index (κ2) is 8.15. The van der Waals surface area contributed by atoms with Gasteiger partial charge in [-0.25, -0.2) is 9.48 Å². The Hall–Kier alpha value is -4.03. The quantitative estimate of drug-likeness (QED) is 0.366. The molecule has 5 rings (SSSR count). The first kappa shape index (κ1) is 20.8. The average molecular weight is 459 g/mol. The molecule has 0 spiro atoms. The van der Waals surface area contributed by atoms with E-state index in [9.17, 15) is 14.7 Å². The van der Waals surface area contributed by atoms with Crippen molar-refractivity contribution in [3.05, 3.63) is 127 Å². The lowest BCUT2D eigenvalue weighted by Crippen LogP contribution is -2.23. The van der Waals surface area contributed by atoms with Gasteiger partial charge in [0.2, 0.25) is 0 Å². The molecule has 5 aromatic rings. The molecule has 0 aliphatic carbocycles. The van der Waals surface area contributed by atoms with E-state index in [1.165, 1.54) is 4.68 Å². The lowest BCUT2D eigenvalue weighted by atomic mass is 9.85. The fourth-order valence-electron chi connectivity index (χ4n) is 4.19. The number of halogens is 1. The Labute approximate surface area is 193 Å². The Bertz CT molecular complexity index is 1580. The summed E-state index contributed by atoms with van der Waals surface area (Å²) in [5.41, 5.74) is 1.40. The first-order chi connectivity index (χ1) is 16.0. The van der Waals surface area contributed by atoms with Gasteiger partial charge in [0.1, 0.15) is 11.3 Å². The van der Waals surface area contributed by atoms with Crippen LogP contribution < -0.4 is 11.2 Å². The summed E-state index contributed by atoms with van der Waals surface area (Å²) in [4.78, 5) is 26.8. The first-order valence-electron chi connectivity index (χ1n) is 10.3. The van der Waals surface area contributed by atoms with E-state index in [0.29, 0.717) is 32.9 Å². The van der Waals surface area contributed by atoms with Crippen LogP contribution in [0.3, 0.4) is 0 Å². The van der Waals surface area contributed by atoms with E-state index >= 15 is 0 Å². The molecule has 6 nitrogen and oxygen atoms in total. The highest BCUT2D eigenvalue weighted by Gasteiger charge is 2.31. The topological polar surface area (TPSA) is 88.2 Å². The van der Waals surface area contributed by atoms with Gasteiger partial charge < -0.3 is 9.52 Å². The molecule has 33 heavy (non-hydrogen) atoms. The molecule has 164 valence electrons. The van der Waals surface area contributed by atoms with Crippen molar-refractivity contribution in [1.82, 2.24) is 9.78 Å². The van der Waals surface area contributed by atoms with E-state index in [4.69, 9.17) is 16.0 Å². The van der Waals surface area contributed by atoms with Gasteiger partial charge in [0, 0.05) is 10.7 Å². The average Bonchev–Trinajstić information content (AvgIpc) is 3.11. The maximum absolute atomic E-state index is 13.6. The fraction of sp³-hybridized carbons (Fsp3) is 0.0769. The second-order valence-electron chi connectivity index (χ2n) is 7.76. The third-order valence-corrected chi connectivity index (χ3v) is 5.98. The number of aromatic amines is 1. The zero-order valence-corrected chi connectivity index (χ0v) is 18.3. The van der Waals surface area contributed by atoms with Crippen LogP contribution in [0.1, 0.15) is 28.3 Å². The third-order valence-electron chi connectivity index (χ3n) is 5.73. The molecular weight excluding hydrogens is 440 g/mol. The number of rotatable bonds is 4. The largest absolute Gasteiger partial charge is 0.507 e. The summed E-state index contributed by atoms with van der Waals surface area (Å²) in [5.74, 6) is -1.09. The van der Waals surface area contributed by atoms with Crippen molar-refractivity contribution in [2.75, 3.05) is 0 Å². The molecule has 1 atom stereocenters. The molecule has 0 amide bonds. The van der Waals surface area contributed by atoms with Crippen molar-refractivity contribution in [3.8, 4) is 11.4 Å². The highest BCUT2D eigenvalue weighted by molar-refractivity contribution is 6.30. The monoisotopic (exact) mass is 458 g/mol. The molecule has 0 aliphatic rings. The van der Waals surface area contributed by atoms with Crippen LogP contribution in [-0.2, 0) is 0 Å². The van der Waals surface area contributed by atoms with Crippen LogP contribution in [0.2, 0.25) is 5.02 Å². The van der Waals surface area contributed by atoms with Crippen molar-refractivity contribution in [2.45, 2.75) is 12.8 Å². The van der Waals surface area contributed by atoms with Crippen LogP contribution in [0.25, 0.3) is 16.7 Å². The molecule has 0 saturated heterocycles. The Kier molecular flexibility index (Phi) is 5.15. The van der Waals surface area contributed by atoms with Crippen molar-refractivity contribution in [1.29, 1.82) is 0 Å². The molecule has 0 bridgehead atoms. The van der Waals surface area contributed by atoms with Crippen molar-refractivity contribution in [3.63, 3.8) is 0 Å². The molecule has 0 radical (unpaired) electrons. The summed E-state index contributed by atoms with van der Waals surface area (Å²) in [7, 11) is 0. The fourth-order valence-corrected chi connectivity index (χ4v) is 4.32. The normalized spacial score (nSPS) is 12.2. The highest BCUT2D eigenvalue weighted by atomic mass is 35.5. The maximum Gasteiger partial charge on any atom is 0.344 e. The lowest BCUT2D eigenvalue weighted by molar-refractivity contribution is 0.455. The molecule has 7 heteroatoms. The van der Waals surface area contributed by atoms with Gasteiger partial charge in [0.15, 0.2) is 0 Å². The number of nitrogens with zero attached hydrogens (tertiary/aromatic N) is 1. The maximum atomic E-state index is 13.6. The van der Waals surface area contributed by atoms with E-state index < -0.39 is 11.5 Å². The number of aromatic hydroxyl groups is 1. The minimum absolute atomic E-state index is 0.00423. The molecule has 1 unspecified atom stereocenters. The van der Waals surface area contributed by atoms with Gasteiger partial charge >= 0.3 is 5.63 Å². The van der Waals surface area contributed by atoms with Gasteiger partial charge in [0.25, 0.3) is 5.56 Å². The minimum Gasteiger partial charge on any atom is -0.507 e. The second-order valence-corrected chi connectivity index (χ2v) is 8.20. The summed E-state index contributed by atoms with van der Waals surface area (Å²) < 4.78 is 6.96. The van der Waals surface area contributed by atoms with Crippen LogP contribution in [-0.4, -0.2) is 14.9 Å². The standard InChI is InChI=1S/C26H19ClN2O4/c1-15-21(25(31)29(28-15)18-7-3-2-4-8-18)22(16-11-13-17(27)14-12-16)23-24(30)19-9-5-6-10-20(19)33-26(23)32/h2-14,22,28,30H,1H3. The highest BCUT2D eigenvalue weighted by Crippen LogP contribution is 2.38. The Morgan fingerprint density at radius 3 is 2.30 bits per heavy atom. The molecule has 0 aliphatic heterocycles. The summed E-state index contributed by atoms with van der Waals surface area (Å²) in [6, 6.07) is 22.7. The predicted molar refractivity (Wildman–Crippen MR) is 128 cm³/mol. The van der Waals surface area contributed by atoms with Gasteiger partial charge in [-0.2, -0.15) is 0 Å². The number of nitrogens with one attached hydrogen (secondary N) is 1. The van der Waals surface area contributed by atoms with Gasteiger partial charge in [-0.15, -0.1) is 0 Å². The van der Waals surface area contributed by atoms with E-state index in [1.54, 1.807) is 67.6 Å². The predicted octanol–water partition coefficient (Wildman–Crippen LogP) is 5.12. The van der Waals surface area contributed by atoms with Crippen LogP contribution in [0.4, 0.5) is 0 Å². The van der Waals surface area contributed by atoms with E-state index in [1.807, 2.05) is 18.2 Å². The molecule has 2 N–H and O–H groups in total. The Balaban J connectivity index is 1.83. The van der Waals surface area contributed by atoms with Crippen LogP contribution in [0.15, 0.2) is 92.9 Å². The summed E-state index contributed by atoms with van der Waals surface area (Å²) in [6.45, 7) is 1.76. The lowest BCUT2D eigenvalue weighted by Gasteiger charge is -2.18. The van der Waals surface area contributed by atoms with E-state index in [-0.39, 0.29) is 22.5 Å². The van der Waals surface area contributed by atoms with Crippen molar-refractivity contribution in [2.24, 2.45) is 0 Å². The van der Waals surface area contributed by atoms with Crippen molar-refractivity contribution < 1.29 is 9.52 Å². The summed E-state index contributed by atoms with van der Waals surface area (Å²) in [6.07, 6.45) is 0.